The Morgan fingerprint density at radius 1 is 1.15 bits per heavy atom. The van der Waals surface area contributed by atoms with Crippen LogP contribution in [0.25, 0.3) is 10.8 Å². The van der Waals surface area contributed by atoms with Crippen LogP contribution in [0.2, 0.25) is 0 Å². The monoisotopic (exact) mass is 293 g/mol. The number of hydrogen-bond acceptors (Lipinski definition) is 4. The summed E-state index contributed by atoms with van der Waals surface area (Å²) in [6, 6.07) is 10.7. The Balaban J connectivity index is 2.28. The molecular weight excluding hydrogens is 274 g/mol. The molecule has 5 heteroatoms. The molecule has 2 aromatic rings. The second-order valence-electron chi connectivity index (χ2n) is 4.92. The van der Waals surface area contributed by atoms with Crippen LogP contribution in [0.4, 0.5) is 5.69 Å². The fourth-order valence-electron chi connectivity index (χ4n) is 2.23. The molecule has 2 aromatic carbocycles. The number of rotatable bonds is 5. The largest absolute Gasteiger partial charge is 0.507 e. The Hall–Kier alpha value is -1.75. The molecule has 0 radical (unpaired) electrons. The van der Waals surface area contributed by atoms with Gasteiger partial charge in [0.1, 0.15) is 5.75 Å². The van der Waals surface area contributed by atoms with Gasteiger partial charge in [0, 0.05) is 28.3 Å². The molecule has 20 heavy (non-hydrogen) atoms. The van der Waals surface area contributed by atoms with E-state index in [4.69, 9.17) is 0 Å². The van der Waals surface area contributed by atoms with Gasteiger partial charge in [0.05, 0.1) is 5.75 Å². The molecule has 1 unspecified atom stereocenters. The number of benzene rings is 2. The highest BCUT2D eigenvalue weighted by atomic mass is 32.2. The smallest absolute Gasteiger partial charge is 0.152 e. The zero-order valence-electron chi connectivity index (χ0n) is 11.6. The average Bonchev–Trinajstić information content (AvgIpc) is 2.39. The molecule has 0 bridgehead atoms. The Bertz CT molecular complexity index is 710. The van der Waals surface area contributed by atoms with Crippen LogP contribution in [0.5, 0.6) is 5.75 Å². The number of phenols is 1. The van der Waals surface area contributed by atoms with Gasteiger partial charge in [0.25, 0.3) is 0 Å². The van der Waals surface area contributed by atoms with E-state index in [1.165, 1.54) is 0 Å². The normalized spacial score (nSPS) is 13.3. The van der Waals surface area contributed by atoms with E-state index < -0.39 is 9.84 Å². The number of anilines is 1. The van der Waals surface area contributed by atoms with Crippen LogP contribution < -0.4 is 5.32 Å². The van der Waals surface area contributed by atoms with Crippen LogP contribution in [0.15, 0.2) is 36.4 Å². The molecule has 2 N–H and O–H groups in total. The summed E-state index contributed by atoms with van der Waals surface area (Å²) in [6.07, 6.45) is 0. The summed E-state index contributed by atoms with van der Waals surface area (Å²) in [5.74, 6) is 0.466. The molecule has 0 aliphatic rings. The predicted octanol–water partition coefficient (Wildman–Crippen LogP) is 2.78. The van der Waals surface area contributed by atoms with E-state index in [1.807, 2.05) is 31.2 Å². The molecule has 0 aliphatic carbocycles. The van der Waals surface area contributed by atoms with Gasteiger partial charge >= 0.3 is 0 Å². The lowest BCUT2D eigenvalue weighted by atomic mass is 10.1. The summed E-state index contributed by atoms with van der Waals surface area (Å²) in [5, 5.41) is 14.7. The third kappa shape index (κ3) is 3.22. The Kier molecular flexibility index (Phi) is 4.18. The van der Waals surface area contributed by atoms with E-state index in [0.717, 1.165) is 16.5 Å². The first-order valence-electron chi connectivity index (χ1n) is 6.60. The van der Waals surface area contributed by atoms with Crippen molar-refractivity contribution in [2.45, 2.75) is 19.9 Å². The van der Waals surface area contributed by atoms with Crippen molar-refractivity contribution in [3.8, 4) is 5.75 Å². The zero-order valence-corrected chi connectivity index (χ0v) is 12.4. The van der Waals surface area contributed by atoms with Crippen LogP contribution in [-0.4, -0.2) is 31.1 Å². The number of nitrogens with one attached hydrogen (secondary N) is 1. The first-order chi connectivity index (χ1) is 9.43. The first kappa shape index (κ1) is 14.7. The summed E-state index contributed by atoms with van der Waals surface area (Å²) >= 11 is 0. The zero-order chi connectivity index (χ0) is 14.8. The Morgan fingerprint density at radius 2 is 1.80 bits per heavy atom. The van der Waals surface area contributed by atoms with Gasteiger partial charge < -0.3 is 10.4 Å². The van der Waals surface area contributed by atoms with Crippen molar-refractivity contribution in [3.63, 3.8) is 0 Å². The summed E-state index contributed by atoms with van der Waals surface area (Å²) in [6.45, 7) is 3.49. The highest BCUT2D eigenvalue weighted by Crippen LogP contribution is 2.30. The number of fused-ring (bicyclic) bond motifs is 1. The average molecular weight is 293 g/mol. The maximum absolute atomic E-state index is 11.6. The third-order valence-corrected chi connectivity index (χ3v) is 5.13. The van der Waals surface area contributed by atoms with E-state index in [-0.39, 0.29) is 23.3 Å². The number of phenolic OH excluding ortho intramolecular Hbond substituents is 1. The molecule has 0 heterocycles. The van der Waals surface area contributed by atoms with Gasteiger partial charge in [0.2, 0.25) is 0 Å². The minimum Gasteiger partial charge on any atom is -0.507 e. The Labute approximate surface area is 119 Å². The van der Waals surface area contributed by atoms with Crippen molar-refractivity contribution in [2.75, 3.05) is 16.8 Å². The quantitative estimate of drug-likeness (QED) is 0.889. The van der Waals surface area contributed by atoms with Crippen molar-refractivity contribution in [3.05, 3.63) is 36.4 Å². The van der Waals surface area contributed by atoms with Crippen molar-refractivity contribution in [2.24, 2.45) is 0 Å². The molecule has 0 saturated heterocycles. The van der Waals surface area contributed by atoms with Crippen LogP contribution in [0, 0.1) is 0 Å². The van der Waals surface area contributed by atoms with E-state index in [2.05, 4.69) is 5.32 Å². The Morgan fingerprint density at radius 3 is 2.50 bits per heavy atom. The van der Waals surface area contributed by atoms with Crippen LogP contribution in [0.3, 0.4) is 0 Å². The van der Waals surface area contributed by atoms with E-state index >= 15 is 0 Å². The lowest BCUT2D eigenvalue weighted by Gasteiger charge is -2.17. The fourth-order valence-corrected chi connectivity index (χ4v) is 3.31. The van der Waals surface area contributed by atoms with Gasteiger partial charge in [-0.25, -0.2) is 8.42 Å². The number of sulfone groups is 1. The minimum absolute atomic E-state index is 0.0959. The summed E-state index contributed by atoms with van der Waals surface area (Å²) in [4.78, 5) is 0. The molecule has 0 aliphatic heterocycles. The molecule has 0 fully saturated rings. The second kappa shape index (κ2) is 5.71. The lowest BCUT2D eigenvalue weighted by Crippen LogP contribution is -2.26. The van der Waals surface area contributed by atoms with Gasteiger partial charge in [-0.2, -0.15) is 0 Å². The first-order valence-corrected chi connectivity index (χ1v) is 8.43. The summed E-state index contributed by atoms with van der Waals surface area (Å²) in [7, 11) is -3.01. The molecule has 0 spiro atoms. The van der Waals surface area contributed by atoms with Crippen LogP contribution >= 0.6 is 0 Å². The molecule has 2 rings (SSSR count). The fraction of sp³-hybridized carbons (Fsp3) is 0.333. The number of hydrogen-bond donors (Lipinski definition) is 2. The van der Waals surface area contributed by atoms with E-state index in [1.54, 1.807) is 19.1 Å². The highest BCUT2D eigenvalue weighted by Gasteiger charge is 2.14. The number of aromatic hydroxyl groups is 1. The van der Waals surface area contributed by atoms with Crippen molar-refractivity contribution < 1.29 is 13.5 Å². The lowest BCUT2D eigenvalue weighted by molar-refractivity contribution is 0.481. The van der Waals surface area contributed by atoms with Gasteiger partial charge in [-0.3, -0.25) is 0 Å². The maximum atomic E-state index is 11.6. The molecule has 4 nitrogen and oxygen atoms in total. The van der Waals surface area contributed by atoms with E-state index in [9.17, 15) is 13.5 Å². The molecule has 0 aromatic heterocycles. The van der Waals surface area contributed by atoms with Crippen molar-refractivity contribution in [1.82, 2.24) is 0 Å². The predicted molar refractivity (Wildman–Crippen MR) is 83.0 cm³/mol. The van der Waals surface area contributed by atoms with Crippen molar-refractivity contribution >= 4 is 26.3 Å². The van der Waals surface area contributed by atoms with Crippen LogP contribution in [0.1, 0.15) is 13.8 Å². The highest BCUT2D eigenvalue weighted by molar-refractivity contribution is 7.91. The van der Waals surface area contributed by atoms with Gasteiger partial charge in [-0.1, -0.05) is 31.2 Å². The van der Waals surface area contributed by atoms with Gasteiger partial charge in [0.15, 0.2) is 9.84 Å². The maximum Gasteiger partial charge on any atom is 0.152 e. The SMILES string of the molecule is CCS(=O)(=O)CC(C)Nc1cccc2c(O)cccc12. The molecule has 0 amide bonds. The third-order valence-electron chi connectivity index (χ3n) is 3.24. The standard InChI is InChI=1S/C15H19NO3S/c1-3-20(18,19)10-11(2)16-14-8-4-7-13-12(14)6-5-9-15(13)17/h4-9,11,16-17H,3,10H2,1-2H3. The van der Waals surface area contributed by atoms with Gasteiger partial charge in [-0.15, -0.1) is 0 Å². The van der Waals surface area contributed by atoms with Crippen LogP contribution in [-0.2, 0) is 9.84 Å². The second-order valence-corrected chi connectivity index (χ2v) is 7.32. The molecular formula is C15H19NO3S. The summed E-state index contributed by atoms with van der Waals surface area (Å²) in [5.41, 5.74) is 0.831. The van der Waals surface area contributed by atoms with Crippen molar-refractivity contribution in [1.29, 1.82) is 0 Å². The van der Waals surface area contributed by atoms with Gasteiger partial charge in [-0.05, 0) is 19.1 Å². The summed E-state index contributed by atoms with van der Waals surface area (Å²) < 4.78 is 23.3. The van der Waals surface area contributed by atoms with E-state index in [0.29, 0.717) is 0 Å². The topological polar surface area (TPSA) is 66.4 Å². The minimum atomic E-state index is -3.01. The molecule has 0 saturated carbocycles. The molecule has 1 atom stereocenters. The molecule has 108 valence electrons.